The molecule has 70 valence electrons. The molecule has 0 unspecified atom stereocenters. The largest absolute Gasteiger partial charge is 0.489 e. The third-order valence-corrected chi connectivity index (χ3v) is 2.12. The fraction of sp³-hybridized carbons (Fsp3) is 0.333. The number of benzene rings is 1. The van der Waals surface area contributed by atoms with Crippen molar-refractivity contribution >= 4 is 0 Å². The van der Waals surface area contributed by atoms with E-state index in [0.717, 1.165) is 5.75 Å². The van der Waals surface area contributed by atoms with Gasteiger partial charge in [-0.25, -0.2) is 0 Å². The molecule has 0 N–H and O–H groups in total. The fourth-order valence-corrected chi connectivity index (χ4v) is 1.30. The summed E-state index contributed by atoms with van der Waals surface area (Å²) in [6.07, 6.45) is 1.76. The lowest BCUT2D eigenvalue weighted by atomic mass is 10.1. The lowest BCUT2D eigenvalue weighted by molar-refractivity contribution is 0.360. The fourth-order valence-electron chi connectivity index (χ4n) is 1.30. The highest BCUT2D eigenvalue weighted by Crippen LogP contribution is 2.22. The van der Waals surface area contributed by atoms with Crippen LogP contribution < -0.4 is 4.74 Å². The lowest BCUT2D eigenvalue weighted by Gasteiger charge is -2.10. The Balaban J connectivity index is 2.98. The van der Waals surface area contributed by atoms with Crippen molar-refractivity contribution in [2.24, 2.45) is 0 Å². The van der Waals surface area contributed by atoms with Crippen molar-refractivity contribution in [3.05, 3.63) is 41.5 Å². The van der Waals surface area contributed by atoms with Crippen molar-refractivity contribution in [2.75, 3.05) is 6.61 Å². The van der Waals surface area contributed by atoms with Crippen molar-refractivity contribution in [1.29, 1.82) is 0 Å². The van der Waals surface area contributed by atoms with Gasteiger partial charge in [0, 0.05) is 0 Å². The molecule has 0 spiro atoms. The summed E-state index contributed by atoms with van der Waals surface area (Å²) in [4.78, 5) is 0. The maximum atomic E-state index is 5.53. The zero-order valence-electron chi connectivity index (χ0n) is 8.55. The predicted octanol–water partition coefficient (Wildman–Crippen LogP) is 3.18. The van der Waals surface area contributed by atoms with E-state index in [-0.39, 0.29) is 0 Å². The number of aryl methyl sites for hydroxylation is 2. The van der Waals surface area contributed by atoms with Crippen molar-refractivity contribution in [3.8, 4) is 5.75 Å². The normalized spacial score (nSPS) is 9.77. The van der Waals surface area contributed by atoms with Gasteiger partial charge in [0.25, 0.3) is 0 Å². The summed E-state index contributed by atoms with van der Waals surface area (Å²) >= 11 is 0. The van der Waals surface area contributed by atoms with Gasteiger partial charge in [-0.05, 0) is 43.5 Å². The molecule has 0 aliphatic rings. The SMILES string of the molecule is C=CCOc1cc(C)cc(C)c1C. The van der Waals surface area contributed by atoms with E-state index in [0.29, 0.717) is 6.61 Å². The third kappa shape index (κ3) is 2.35. The molecular weight excluding hydrogens is 160 g/mol. The average molecular weight is 176 g/mol. The Bertz CT molecular complexity index is 313. The van der Waals surface area contributed by atoms with Crippen LogP contribution in [0.3, 0.4) is 0 Å². The molecule has 1 rings (SSSR count). The molecule has 0 radical (unpaired) electrons. The van der Waals surface area contributed by atoms with Gasteiger partial charge < -0.3 is 4.74 Å². The standard InChI is InChI=1S/C12H16O/c1-5-6-13-12-8-9(2)7-10(3)11(12)4/h5,7-8H,1,6H2,2-4H3. The minimum absolute atomic E-state index is 0.573. The molecule has 0 fully saturated rings. The molecule has 0 bridgehead atoms. The Morgan fingerprint density at radius 1 is 1.31 bits per heavy atom. The van der Waals surface area contributed by atoms with Crippen molar-refractivity contribution in [1.82, 2.24) is 0 Å². The maximum Gasteiger partial charge on any atom is 0.123 e. The van der Waals surface area contributed by atoms with Gasteiger partial charge in [-0.15, -0.1) is 0 Å². The van der Waals surface area contributed by atoms with Gasteiger partial charge in [0.1, 0.15) is 12.4 Å². The summed E-state index contributed by atoms with van der Waals surface area (Å²) < 4.78 is 5.53. The highest BCUT2D eigenvalue weighted by molar-refractivity contribution is 5.41. The second-order valence-corrected chi connectivity index (χ2v) is 3.30. The van der Waals surface area contributed by atoms with Gasteiger partial charge in [0.05, 0.1) is 0 Å². The molecule has 0 heterocycles. The molecule has 1 heteroatoms. The summed E-state index contributed by atoms with van der Waals surface area (Å²) in [5.74, 6) is 0.970. The van der Waals surface area contributed by atoms with E-state index in [9.17, 15) is 0 Å². The summed E-state index contributed by atoms with van der Waals surface area (Å²) in [5, 5.41) is 0. The molecule has 1 nitrogen and oxygen atoms in total. The first-order chi connectivity index (χ1) is 6.15. The Morgan fingerprint density at radius 2 is 2.00 bits per heavy atom. The molecule has 0 atom stereocenters. The number of ether oxygens (including phenoxy) is 1. The van der Waals surface area contributed by atoms with E-state index in [4.69, 9.17) is 4.74 Å². The monoisotopic (exact) mass is 176 g/mol. The summed E-state index contributed by atoms with van der Waals surface area (Å²) in [5.41, 5.74) is 3.73. The third-order valence-electron chi connectivity index (χ3n) is 2.12. The van der Waals surface area contributed by atoms with Gasteiger partial charge in [-0.1, -0.05) is 18.7 Å². The van der Waals surface area contributed by atoms with Crippen LogP contribution >= 0.6 is 0 Å². The minimum Gasteiger partial charge on any atom is -0.489 e. The van der Waals surface area contributed by atoms with Gasteiger partial charge in [0.2, 0.25) is 0 Å². The van der Waals surface area contributed by atoms with Crippen LogP contribution in [-0.2, 0) is 0 Å². The van der Waals surface area contributed by atoms with E-state index in [2.05, 4.69) is 39.5 Å². The first kappa shape index (κ1) is 9.85. The summed E-state index contributed by atoms with van der Waals surface area (Å²) in [6.45, 7) is 10.5. The summed E-state index contributed by atoms with van der Waals surface area (Å²) in [7, 11) is 0. The smallest absolute Gasteiger partial charge is 0.123 e. The van der Waals surface area contributed by atoms with Gasteiger partial charge in [-0.2, -0.15) is 0 Å². The van der Waals surface area contributed by atoms with Crippen LogP contribution in [0.25, 0.3) is 0 Å². The Kier molecular flexibility index (Phi) is 3.13. The van der Waals surface area contributed by atoms with Crippen LogP contribution in [0, 0.1) is 20.8 Å². The number of hydrogen-bond acceptors (Lipinski definition) is 1. The van der Waals surface area contributed by atoms with Gasteiger partial charge >= 0.3 is 0 Å². The molecule has 0 saturated heterocycles. The van der Waals surface area contributed by atoms with E-state index >= 15 is 0 Å². The van der Waals surface area contributed by atoms with Crippen LogP contribution in [0.4, 0.5) is 0 Å². The second-order valence-electron chi connectivity index (χ2n) is 3.30. The predicted molar refractivity (Wildman–Crippen MR) is 56.3 cm³/mol. The molecule has 0 aromatic heterocycles. The van der Waals surface area contributed by atoms with E-state index in [1.54, 1.807) is 6.08 Å². The van der Waals surface area contributed by atoms with E-state index in [1.807, 2.05) is 0 Å². The minimum atomic E-state index is 0.573. The Morgan fingerprint density at radius 3 is 2.62 bits per heavy atom. The molecule has 0 amide bonds. The topological polar surface area (TPSA) is 9.23 Å². The average Bonchev–Trinajstić information content (AvgIpc) is 2.09. The molecular formula is C12H16O. The van der Waals surface area contributed by atoms with Crippen molar-refractivity contribution < 1.29 is 4.74 Å². The highest BCUT2D eigenvalue weighted by Gasteiger charge is 2.02. The van der Waals surface area contributed by atoms with Crippen LogP contribution in [0.1, 0.15) is 16.7 Å². The molecule has 0 saturated carbocycles. The second kappa shape index (κ2) is 4.13. The number of hydrogen-bond donors (Lipinski definition) is 0. The molecule has 1 aromatic carbocycles. The van der Waals surface area contributed by atoms with E-state index < -0.39 is 0 Å². The quantitative estimate of drug-likeness (QED) is 0.643. The highest BCUT2D eigenvalue weighted by atomic mass is 16.5. The maximum absolute atomic E-state index is 5.53. The van der Waals surface area contributed by atoms with Crippen LogP contribution in [0.15, 0.2) is 24.8 Å². The molecule has 1 aromatic rings. The summed E-state index contributed by atoms with van der Waals surface area (Å²) in [6, 6.07) is 4.22. The van der Waals surface area contributed by atoms with Crippen molar-refractivity contribution in [2.45, 2.75) is 20.8 Å². The lowest BCUT2D eigenvalue weighted by Crippen LogP contribution is -1.97. The van der Waals surface area contributed by atoms with Crippen LogP contribution in [-0.4, -0.2) is 6.61 Å². The van der Waals surface area contributed by atoms with Gasteiger partial charge in [-0.3, -0.25) is 0 Å². The zero-order chi connectivity index (χ0) is 9.84. The molecule has 13 heavy (non-hydrogen) atoms. The van der Waals surface area contributed by atoms with Crippen molar-refractivity contribution in [3.63, 3.8) is 0 Å². The Hall–Kier alpha value is -1.24. The molecule has 0 aliphatic heterocycles. The van der Waals surface area contributed by atoms with Gasteiger partial charge in [0.15, 0.2) is 0 Å². The number of rotatable bonds is 3. The first-order valence-electron chi connectivity index (χ1n) is 4.46. The van der Waals surface area contributed by atoms with Crippen LogP contribution in [0.2, 0.25) is 0 Å². The molecule has 0 aliphatic carbocycles. The zero-order valence-corrected chi connectivity index (χ0v) is 8.55. The van der Waals surface area contributed by atoms with Crippen LogP contribution in [0.5, 0.6) is 5.75 Å². The van der Waals surface area contributed by atoms with E-state index in [1.165, 1.54) is 16.7 Å². The first-order valence-corrected chi connectivity index (χ1v) is 4.46. The Labute approximate surface area is 80.0 Å².